The molecule has 0 unspecified atom stereocenters. The Kier molecular flexibility index (Phi) is 4.60. The van der Waals surface area contributed by atoms with Crippen LogP contribution >= 0.6 is 0 Å². The third kappa shape index (κ3) is 3.15. The van der Waals surface area contributed by atoms with Crippen LogP contribution in [0.2, 0.25) is 0 Å². The number of rotatable bonds is 3. The van der Waals surface area contributed by atoms with Crippen molar-refractivity contribution in [3.63, 3.8) is 0 Å². The predicted octanol–water partition coefficient (Wildman–Crippen LogP) is 2.67. The standard InChI is InChI=1S/C19H22N2O3/c1-14-4-3-5-17(18(14)22)19(23)21-12-10-20(11-13-21)15-6-8-16(24-2)9-7-15/h3-9,22H,10-13H2,1-2H3. The van der Waals surface area contributed by atoms with E-state index in [0.29, 0.717) is 18.7 Å². The van der Waals surface area contributed by atoms with E-state index in [-0.39, 0.29) is 11.7 Å². The topological polar surface area (TPSA) is 53.0 Å². The van der Waals surface area contributed by atoms with Crippen LogP contribution in [-0.2, 0) is 0 Å². The van der Waals surface area contributed by atoms with Gasteiger partial charge in [0, 0.05) is 31.9 Å². The molecular weight excluding hydrogens is 304 g/mol. The van der Waals surface area contributed by atoms with E-state index in [1.54, 1.807) is 37.1 Å². The second-order valence-electron chi connectivity index (χ2n) is 5.95. The maximum atomic E-state index is 12.6. The summed E-state index contributed by atoms with van der Waals surface area (Å²) >= 11 is 0. The number of carbonyl (C=O) groups is 1. The number of para-hydroxylation sites is 1. The summed E-state index contributed by atoms with van der Waals surface area (Å²) in [6.07, 6.45) is 0. The normalized spacial score (nSPS) is 14.6. The zero-order chi connectivity index (χ0) is 17.1. The van der Waals surface area contributed by atoms with Crippen LogP contribution in [0.1, 0.15) is 15.9 Å². The van der Waals surface area contributed by atoms with Crippen LogP contribution in [0.4, 0.5) is 5.69 Å². The Balaban J connectivity index is 1.66. The summed E-state index contributed by atoms with van der Waals surface area (Å²) in [5.74, 6) is 0.813. The Labute approximate surface area is 142 Å². The molecule has 3 rings (SSSR count). The third-order valence-electron chi connectivity index (χ3n) is 4.47. The van der Waals surface area contributed by atoms with Crippen molar-refractivity contribution in [2.75, 3.05) is 38.2 Å². The van der Waals surface area contributed by atoms with Crippen molar-refractivity contribution >= 4 is 11.6 Å². The molecule has 1 heterocycles. The lowest BCUT2D eigenvalue weighted by molar-refractivity contribution is 0.0743. The minimum absolute atomic E-state index is 0.0834. The maximum Gasteiger partial charge on any atom is 0.257 e. The van der Waals surface area contributed by atoms with Crippen molar-refractivity contribution in [1.29, 1.82) is 0 Å². The van der Waals surface area contributed by atoms with Gasteiger partial charge in [0.1, 0.15) is 11.5 Å². The Hall–Kier alpha value is -2.69. The van der Waals surface area contributed by atoms with Gasteiger partial charge in [-0.05, 0) is 42.8 Å². The fourth-order valence-corrected chi connectivity index (χ4v) is 2.96. The lowest BCUT2D eigenvalue weighted by Gasteiger charge is -2.36. The zero-order valence-corrected chi connectivity index (χ0v) is 14.0. The molecule has 126 valence electrons. The van der Waals surface area contributed by atoms with E-state index in [9.17, 15) is 9.90 Å². The number of hydrogen-bond donors (Lipinski definition) is 1. The number of nitrogens with zero attached hydrogens (tertiary/aromatic N) is 2. The molecule has 0 aliphatic carbocycles. The van der Waals surface area contributed by atoms with Gasteiger partial charge in [0.2, 0.25) is 0 Å². The van der Waals surface area contributed by atoms with Crippen molar-refractivity contribution in [3.05, 3.63) is 53.6 Å². The predicted molar refractivity (Wildman–Crippen MR) is 94.0 cm³/mol. The molecule has 1 saturated heterocycles. The highest BCUT2D eigenvalue weighted by molar-refractivity contribution is 5.97. The number of amides is 1. The second kappa shape index (κ2) is 6.83. The van der Waals surface area contributed by atoms with Crippen LogP contribution in [0.3, 0.4) is 0 Å². The molecule has 24 heavy (non-hydrogen) atoms. The van der Waals surface area contributed by atoms with Crippen LogP contribution in [-0.4, -0.2) is 49.2 Å². The van der Waals surface area contributed by atoms with Crippen LogP contribution in [0, 0.1) is 6.92 Å². The number of piperazine rings is 1. The Morgan fingerprint density at radius 1 is 1.04 bits per heavy atom. The van der Waals surface area contributed by atoms with Crippen molar-refractivity contribution in [2.24, 2.45) is 0 Å². The molecule has 2 aromatic carbocycles. The van der Waals surface area contributed by atoms with Gasteiger partial charge >= 0.3 is 0 Å². The first-order valence-electron chi connectivity index (χ1n) is 8.07. The average molecular weight is 326 g/mol. The zero-order valence-electron chi connectivity index (χ0n) is 14.0. The van der Waals surface area contributed by atoms with Gasteiger partial charge in [-0.2, -0.15) is 0 Å². The second-order valence-corrected chi connectivity index (χ2v) is 5.95. The van der Waals surface area contributed by atoms with Crippen molar-refractivity contribution < 1.29 is 14.6 Å². The van der Waals surface area contributed by atoms with Crippen LogP contribution < -0.4 is 9.64 Å². The van der Waals surface area contributed by atoms with E-state index in [1.807, 2.05) is 24.3 Å². The first-order valence-corrected chi connectivity index (χ1v) is 8.07. The summed E-state index contributed by atoms with van der Waals surface area (Å²) in [5.41, 5.74) is 2.23. The number of aryl methyl sites for hydroxylation is 1. The number of carbonyl (C=O) groups excluding carboxylic acids is 1. The molecule has 0 saturated carbocycles. The molecule has 1 amide bonds. The molecule has 1 aliphatic rings. The SMILES string of the molecule is COc1ccc(N2CCN(C(=O)c3cccc(C)c3O)CC2)cc1. The Morgan fingerprint density at radius 2 is 1.71 bits per heavy atom. The molecule has 1 aliphatic heterocycles. The average Bonchev–Trinajstić information content (AvgIpc) is 2.64. The summed E-state index contributed by atoms with van der Waals surface area (Å²) in [4.78, 5) is 16.7. The summed E-state index contributed by atoms with van der Waals surface area (Å²) in [5, 5.41) is 10.1. The number of aromatic hydroxyl groups is 1. The number of phenols is 1. The van der Waals surface area contributed by atoms with Gasteiger partial charge < -0.3 is 19.6 Å². The first kappa shape index (κ1) is 16.2. The summed E-state index contributed by atoms with van der Waals surface area (Å²) < 4.78 is 5.18. The van der Waals surface area contributed by atoms with Crippen molar-refractivity contribution in [1.82, 2.24) is 4.90 Å². The number of hydrogen-bond acceptors (Lipinski definition) is 4. The Bertz CT molecular complexity index is 720. The minimum Gasteiger partial charge on any atom is -0.507 e. The molecule has 0 bridgehead atoms. The van der Waals surface area contributed by atoms with Gasteiger partial charge in [-0.3, -0.25) is 4.79 Å². The van der Waals surface area contributed by atoms with E-state index in [4.69, 9.17) is 4.74 Å². The number of phenolic OH excluding ortho intramolecular Hbond substituents is 1. The van der Waals surface area contributed by atoms with Gasteiger partial charge in [0.25, 0.3) is 5.91 Å². The van der Waals surface area contributed by atoms with Gasteiger partial charge in [-0.15, -0.1) is 0 Å². The lowest BCUT2D eigenvalue weighted by atomic mass is 10.1. The number of methoxy groups -OCH3 is 1. The molecule has 2 aromatic rings. The van der Waals surface area contributed by atoms with E-state index in [2.05, 4.69) is 4.90 Å². The van der Waals surface area contributed by atoms with E-state index in [1.165, 1.54) is 0 Å². The van der Waals surface area contributed by atoms with Crippen molar-refractivity contribution in [3.8, 4) is 11.5 Å². The van der Waals surface area contributed by atoms with Gasteiger partial charge in [0.15, 0.2) is 0 Å². The summed E-state index contributed by atoms with van der Waals surface area (Å²) in [6.45, 7) is 4.61. The maximum absolute atomic E-state index is 12.6. The molecule has 0 aromatic heterocycles. The fraction of sp³-hybridized carbons (Fsp3) is 0.316. The molecule has 1 fully saturated rings. The Morgan fingerprint density at radius 3 is 2.33 bits per heavy atom. The fourth-order valence-electron chi connectivity index (χ4n) is 2.96. The highest BCUT2D eigenvalue weighted by Gasteiger charge is 2.24. The van der Waals surface area contributed by atoms with Crippen LogP contribution in [0.25, 0.3) is 0 Å². The van der Waals surface area contributed by atoms with Crippen LogP contribution in [0.5, 0.6) is 11.5 Å². The van der Waals surface area contributed by atoms with Gasteiger partial charge in [-0.1, -0.05) is 12.1 Å². The summed E-state index contributed by atoms with van der Waals surface area (Å²) in [7, 11) is 1.65. The monoisotopic (exact) mass is 326 g/mol. The quantitative estimate of drug-likeness (QED) is 0.942. The minimum atomic E-state index is -0.106. The number of benzene rings is 2. The summed E-state index contributed by atoms with van der Waals surface area (Å²) in [6, 6.07) is 13.2. The molecule has 0 radical (unpaired) electrons. The molecule has 0 spiro atoms. The molecule has 1 N–H and O–H groups in total. The molecular formula is C19H22N2O3. The molecule has 5 heteroatoms. The smallest absolute Gasteiger partial charge is 0.257 e. The van der Waals surface area contributed by atoms with Crippen LogP contribution in [0.15, 0.2) is 42.5 Å². The van der Waals surface area contributed by atoms with E-state index < -0.39 is 0 Å². The van der Waals surface area contributed by atoms with E-state index in [0.717, 1.165) is 30.1 Å². The van der Waals surface area contributed by atoms with E-state index >= 15 is 0 Å². The lowest BCUT2D eigenvalue weighted by Crippen LogP contribution is -2.48. The van der Waals surface area contributed by atoms with Gasteiger partial charge in [-0.25, -0.2) is 0 Å². The highest BCUT2D eigenvalue weighted by atomic mass is 16.5. The third-order valence-corrected chi connectivity index (χ3v) is 4.47. The highest BCUT2D eigenvalue weighted by Crippen LogP contribution is 2.25. The number of anilines is 1. The van der Waals surface area contributed by atoms with Crippen molar-refractivity contribution in [2.45, 2.75) is 6.92 Å². The molecule has 0 atom stereocenters. The largest absolute Gasteiger partial charge is 0.507 e. The first-order chi connectivity index (χ1) is 11.6. The van der Waals surface area contributed by atoms with Gasteiger partial charge in [0.05, 0.1) is 12.7 Å². The molecule has 5 nitrogen and oxygen atoms in total. The number of ether oxygens (including phenoxy) is 1.